The fourth-order valence-corrected chi connectivity index (χ4v) is 1.54. The van der Waals surface area contributed by atoms with Gasteiger partial charge in [-0.05, 0) is 25.2 Å². The number of rotatable bonds is 10. The van der Waals surface area contributed by atoms with E-state index in [1.165, 1.54) is 0 Å². The molecule has 0 aliphatic carbocycles. The lowest BCUT2D eigenvalue weighted by Crippen LogP contribution is -2.18. The minimum atomic E-state index is -0.714. The Morgan fingerprint density at radius 1 is 1.25 bits per heavy atom. The summed E-state index contributed by atoms with van der Waals surface area (Å²) >= 11 is 0. The number of carboxylic acids is 1. The van der Waals surface area contributed by atoms with Gasteiger partial charge in [-0.2, -0.15) is 0 Å². The van der Waals surface area contributed by atoms with E-state index in [1.54, 1.807) is 7.11 Å². The lowest BCUT2D eigenvalue weighted by Gasteiger charge is -2.14. The fourth-order valence-electron chi connectivity index (χ4n) is 1.54. The van der Waals surface area contributed by atoms with E-state index < -0.39 is 5.97 Å². The van der Waals surface area contributed by atoms with E-state index in [-0.39, 0.29) is 5.92 Å². The van der Waals surface area contributed by atoms with Crippen LogP contribution in [-0.2, 0) is 14.3 Å². The summed E-state index contributed by atoms with van der Waals surface area (Å²) in [7, 11) is 1.66. The minimum Gasteiger partial charge on any atom is -0.481 e. The van der Waals surface area contributed by atoms with Gasteiger partial charge in [-0.3, -0.25) is 4.79 Å². The van der Waals surface area contributed by atoms with E-state index in [9.17, 15) is 4.79 Å². The van der Waals surface area contributed by atoms with Crippen LogP contribution in [0.2, 0.25) is 0 Å². The number of hydrogen-bond donors (Lipinski definition) is 1. The van der Waals surface area contributed by atoms with Crippen LogP contribution in [0.3, 0.4) is 0 Å². The highest BCUT2D eigenvalue weighted by molar-refractivity contribution is 5.69. The normalized spacial score (nSPS) is 13.0. The quantitative estimate of drug-likeness (QED) is 0.586. The van der Waals surface area contributed by atoms with Gasteiger partial charge in [-0.25, -0.2) is 0 Å². The zero-order chi connectivity index (χ0) is 12.4. The van der Waals surface area contributed by atoms with Crippen LogP contribution < -0.4 is 0 Å². The third-order valence-corrected chi connectivity index (χ3v) is 2.35. The van der Waals surface area contributed by atoms with E-state index in [4.69, 9.17) is 14.6 Å². The molecule has 0 fully saturated rings. The van der Waals surface area contributed by atoms with Crippen LogP contribution in [0.25, 0.3) is 0 Å². The molecule has 1 unspecified atom stereocenters. The maximum Gasteiger partial charge on any atom is 0.306 e. The maximum absolute atomic E-state index is 10.9. The standard InChI is InChI=1S/C12H24O4/c1-10(2)9-11(12(13)14)5-8-16-7-4-6-15-3/h10-11H,4-9H2,1-3H3,(H,13,14). The third kappa shape index (κ3) is 8.68. The van der Waals surface area contributed by atoms with Crippen LogP contribution >= 0.6 is 0 Å². The number of aliphatic carboxylic acids is 1. The average Bonchev–Trinajstić information content (AvgIpc) is 2.20. The van der Waals surface area contributed by atoms with Crippen molar-refractivity contribution in [2.45, 2.75) is 33.1 Å². The Bertz CT molecular complexity index is 180. The van der Waals surface area contributed by atoms with E-state index in [0.29, 0.717) is 32.2 Å². The van der Waals surface area contributed by atoms with Crippen molar-refractivity contribution >= 4 is 5.97 Å². The highest BCUT2D eigenvalue weighted by atomic mass is 16.5. The Balaban J connectivity index is 3.57. The molecule has 0 rings (SSSR count). The second kappa shape index (κ2) is 9.60. The van der Waals surface area contributed by atoms with Crippen molar-refractivity contribution in [1.29, 1.82) is 0 Å². The molecule has 0 spiro atoms. The zero-order valence-corrected chi connectivity index (χ0v) is 10.6. The molecule has 0 saturated carbocycles. The van der Waals surface area contributed by atoms with Gasteiger partial charge in [0.1, 0.15) is 0 Å². The van der Waals surface area contributed by atoms with Crippen molar-refractivity contribution < 1.29 is 19.4 Å². The van der Waals surface area contributed by atoms with Crippen LogP contribution in [0.4, 0.5) is 0 Å². The van der Waals surface area contributed by atoms with Gasteiger partial charge in [0.25, 0.3) is 0 Å². The molecule has 0 aromatic carbocycles. The molecule has 16 heavy (non-hydrogen) atoms. The topological polar surface area (TPSA) is 55.8 Å². The molecule has 0 aromatic heterocycles. The monoisotopic (exact) mass is 232 g/mol. The summed E-state index contributed by atoms with van der Waals surface area (Å²) in [6, 6.07) is 0. The smallest absolute Gasteiger partial charge is 0.306 e. The number of methoxy groups -OCH3 is 1. The molecule has 1 N–H and O–H groups in total. The molecule has 0 aliphatic rings. The van der Waals surface area contributed by atoms with E-state index in [1.807, 2.05) is 13.8 Å². The number of ether oxygens (including phenoxy) is 2. The van der Waals surface area contributed by atoms with Crippen molar-refractivity contribution in [1.82, 2.24) is 0 Å². The van der Waals surface area contributed by atoms with E-state index in [2.05, 4.69) is 0 Å². The van der Waals surface area contributed by atoms with E-state index >= 15 is 0 Å². The van der Waals surface area contributed by atoms with Crippen LogP contribution in [0.15, 0.2) is 0 Å². The summed E-state index contributed by atoms with van der Waals surface area (Å²) in [5.41, 5.74) is 0. The summed E-state index contributed by atoms with van der Waals surface area (Å²) in [4.78, 5) is 10.9. The van der Waals surface area contributed by atoms with Crippen LogP contribution in [0, 0.1) is 11.8 Å². The Hall–Kier alpha value is -0.610. The molecule has 0 aliphatic heterocycles. The van der Waals surface area contributed by atoms with Crippen molar-refractivity contribution in [3.05, 3.63) is 0 Å². The lowest BCUT2D eigenvalue weighted by atomic mass is 9.95. The first-order valence-corrected chi connectivity index (χ1v) is 5.87. The van der Waals surface area contributed by atoms with Gasteiger partial charge in [0.15, 0.2) is 0 Å². The van der Waals surface area contributed by atoms with Crippen molar-refractivity contribution in [2.75, 3.05) is 26.9 Å². The average molecular weight is 232 g/mol. The molecular formula is C12H24O4. The Kier molecular flexibility index (Phi) is 9.24. The molecule has 0 bridgehead atoms. The predicted molar refractivity (Wildman–Crippen MR) is 62.5 cm³/mol. The highest BCUT2D eigenvalue weighted by Gasteiger charge is 2.18. The van der Waals surface area contributed by atoms with E-state index in [0.717, 1.165) is 12.8 Å². The Morgan fingerprint density at radius 3 is 2.44 bits per heavy atom. The molecule has 0 heterocycles. The number of carboxylic acid groups (broad SMARTS) is 1. The summed E-state index contributed by atoms with van der Waals surface area (Å²) in [6.45, 7) is 5.92. The number of carbonyl (C=O) groups is 1. The van der Waals surface area contributed by atoms with Crippen LogP contribution in [0.1, 0.15) is 33.1 Å². The molecule has 4 nitrogen and oxygen atoms in total. The largest absolute Gasteiger partial charge is 0.481 e. The van der Waals surface area contributed by atoms with Crippen LogP contribution in [-0.4, -0.2) is 38.0 Å². The molecule has 0 aromatic rings. The molecule has 0 saturated heterocycles. The van der Waals surface area contributed by atoms with Crippen molar-refractivity contribution in [2.24, 2.45) is 11.8 Å². The summed E-state index contributed by atoms with van der Waals surface area (Å²) in [5, 5.41) is 8.99. The molecular weight excluding hydrogens is 208 g/mol. The van der Waals surface area contributed by atoms with Crippen LogP contribution in [0.5, 0.6) is 0 Å². The van der Waals surface area contributed by atoms with Gasteiger partial charge in [-0.1, -0.05) is 13.8 Å². The van der Waals surface area contributed by atoms with Crippen molar-refractivity contribution in [3.8, 4) is 0 Å². The predicted octanol–water partition coefficient (Wildman–Crippen LogP) is 2.18. The Morgan fingerprint density at radius 2 is 1.94 bits per heavy atom. The first-order valence-electron chi connectivity index (χ1n) is 5.87. The number of hydrogen-bond acceptors (Lipinski definition) is 3. The summed E-state index contributed by atoms with van der Waals surface area (Å²) in [5.74, 6) is -0.578. The van der Waals surface area contributed by atoms with Gasteiger partial charge in [0, 0.05) is 26.9 Å². The minimum absolute atomic E-state index is 0.276. The van der Waals surface area contributed by atoms with Gasteiger partial charge < -0.3 is 14.6 Å². The van der Waals surface area contributed by atoms with Gasteiger partial charge >= 0.3 is 5.97 Å². The second-order valence-electron chi connectivity index (χ2n) is 4.41. The van der Waals surface area contributed by atoms with Gasteiger partial charge in [-0.15, -0.1) is 0 Å². The third-order valence-electron chi connectivity index (χ3n) is 2.35. The van der Waals surface area contributed by atoms with Gasteiger partial charge in [0.05, 0.1) is 5.92 Å². The molecule has 0 amide bonds. The SMILES string of the molecule is COCCCOCCC(CC(C)C)C(=O)O. The molecule has 96 valence electrons. The fraction of sp³-hybridized carbons (Fsp3) is 0.917. The first kappa shape index (κ1) is 15.4. The molecule has 0 radical (unpaired) electrons. The second-order valence-corrected chi connectivity index (χ2v) is 4.41. The Labute approximate surface area is 97.9 Å². The summed E-state index contributed by atoms with van der Waals surface area (Å²) in [6.07, 6.45) is 2.18. The maximum atomic E-state index is 10.9. The lowest BCUT2D eigenvalue weighted by molar-refractivity contribution is -0.143. The zero-order valence-electron chi connectivity index (χ0n) is 10.6. The van der Waals surface area contributed by atoms with Gasteiger partial charge in [0.2, 0.25) is 0 Å². The first-order chi connectivity index (χ1) is 7.57. The highest BCUT2D eigenvalue weighted by Crippen LogP contribution is 2.15. The van der Waals surface area contributed by atoms with Crippen molar-refractivity contribution in [3.63, 3.8) is 0 Å². The summed E-state index contributed by atoms with van der Waals surface area (Å²) < 4.78 is 10.2. The molecule has 4 heteroatoms. The molecule has 1 atom stereocenters.